The van der Waals surface area contributed by atoms with Crippen molar-refractivity contribution >= 4 is 5.97 Å². The maximum Gasteiger partial charge on any atom is 0.416 e. The molecule has 0 radical (unpaired) electrons. The molecule has 2 aromatic rings. The number of aliphatic carboxylic acids is 1. The van der Waals surface area contributed by atoms with Gasteiger partial charge in [-0.05, 0) is 29.8 Å². The lowest BCUT2D eigenvalue weighted by molar-refractivity contribution is -0.145. The molecule has 1 fully saturated rings. The summed E-state index contributed by atoms with van der Waals surface area (Å²) >= 11 is 0. The van der Waals surface area contributed by atoms with Crippen molar-refractivity contribution in [2.75, 3.05) is 26.2 Å². The fourth-order valence-corrected chi connectivity index (χ4v) is 3.30. The van der Waals surface area contributed by atoms with E-state index in [4.69, 9.17) is 0 Å². The summed E-state index contributed by atoms with van der Waals surface area (Å²) in [4.78, 5) is 19.9. The molecule has 1 N–H and O–H groups in total. The SMILES string of the molecule is O=C(O)C(c1cccc(C(F)(F)F)c1)N1CCN(Cc2ccccn2)CC1. The van der Waals surface area contributed by atoms with Gasteiger partial charge >= 0.3 is 12.1 Å². The van der Waals surface area contributed by atoms with Crippen molar-refractivity contribution in [3.8, 4) is 0 Å². The molecule has 5 nitrogen and oxygen atoms in total. The zero-order valence-corrected chi connectivity index (χ0v) is 14.6. The molecule has 8 heteroatoms. The monoisotopic (exact) mass is 379 g/mol. The van der Waals surface area contributed by atoms with E-state index in [0.29, 0.717) is 32.7 Å². The fourth-order valence-electron chi connectivity index (χ4n) is 3.30. The van der Waals surface area contributed by atoms with E-state index in [2.05, 4.69) is 9.88 Å². The molecule has 1 aromatic heterocycles. The summed E-state index contributed by atoms with van der Waals surface area (Å²) in [6.07, 6.45) is -2.78. The second-order valence-corrected chi connectivity index (χ2v) is 6.50. The summed E-state index contributed by atoms with van der Waals surface area (Å²) < 4.78 is 38.9. The third kappa shape index (κ3) is 4.84. The summed E-state index contributed by atoms with van der Waals surface area (Å²) in [7, 11) is 0. The number of hydrogen-bond donors (Lipinski definition) is 1. The highest BCUT2D eigenvalue weighted by atomic mass is 19.4. The fraction of sp³-hybridized carbons (Fsp3) is 0.368. The normalized spacial score (nSPS) is 17.6. The minimum absolute atomic E-state index is 0.149. The van der Waals surface area contributed by atoms with E-state index >= 15 is 0 Å². The third-order valence-corrected chi connectivity index (χ3v) is 4.65. The number of piperazine rings is 1. The van der Waals surface area contributed by atoms with Crippen molar-refractivity contribution in [2.24, 2.45) is 0 Å². The second kappa shape index (κ2) is 8.06. The molecule has 0 spiro atoms. The van der Waals surface area contributed by atoms with Crippen LogP contribution in [0.5, 0.6) is 0 Å². The van der Waals surface area contributed by atoms with E-state index in [9.17, 15) is 23.1 Å². The summed E-state index contributed by atoms with van der Waals surface area (Å²) in [5.41, 5.74) is 0.245. The lowest BCUT2D eigenvalue weighted by Crippen LogP contribution is -2.48. The molecule has 1 atom stereocenters. The average molecular weight is 379 g/mol. The van der Waals surface area contributed by atoms with Crippen LogP contribution in [0, 0.1) is 0 Å². The Balaban J connectivity index is 1.70. The average Bonchev–Trinajstić information content (AvgIpc) is 2.63. The first kappa shape index (κ1) is 19.3. The van der Waals surface area contributed by atoms with Crippen LogP contribution in [0.3, 0.4) is 0 Å². The first-order valence-electron chi connectivity index (χ1n) is 8.61. The van der Waals surface area contributed by atoms with Crippen LogP contribution in [0.2, 0.25) is 0 Å². The number of rotatable bonds is 5. The van der Waals surface area contributed by atoms with Gasteiger partial charge in [-0.2, -0.15) is 13.2 Å². The second-order valence-electron chi connectivity index (χ2n) is 6.50. The molecule has 1 aliphatic rings. The van der Waals surface area contributed by atoms with Gasteiger partial charge < -0.3 is 5.11 Å². The van der Waals surface area contributed by atoms with E-state index in [1.54, 1.807) is 11.1 Å². The maximum atomic E-state index is 13.0. The number of aromatic nitrogens is 1. The van der Waals surface area contributed by atoms with Crippen molar-refractivity contribution in [3.63, 3.8) is 0 Å². The molecular weight excluding hydrogens is 359 g/mol. The number of benzene rings is 1. The smallest absolute Gasteiger partial charge is 0.416 e. The Kier molecular flexibility index (Phi) is 5.76. The molecule has 0 bridgehead atoms. The highest BCUT2D eigenvalue weighted by molar-refractivity contribution is 5.75. The number of nitrogens with zero attached hydrogens (tertiary/aromatic N) is 3. The third-order valence-electron chi connectivity index (χ3n) is 4.65. The largest absolute Gasteiger partial charge is 0.480 e. The van der Waals surface area contributed by atoms with E-state index in [-0.39, 0.29) is 5.56 Å². The summed E-state index contributed by atoms with van der Waals surface area (Å²) in [6, 6.07) is 9.16. The van der Waals surface area contributed by atoms with Crippen LogP contribution >= 0.6 is 0 Å². The maximum absolute atomic E-state index is 13.0. The number of hydrogen-bond acceptors (Lipinski definition) is 4. The molecule has 27 heavy (non-hydrogen) atoms. The van der Waals surface area contributed by atoms with Crippen molar-refractivity contribution < 1.29 is 23.1 Å². The van der Waals surface area contributed by atoms with Gasteiger partial charge in [0, 0.05) is 38.9 Å². The molecule has 1 unspecified atom stereocenters. The van der Waals surface area contributed by atoms with Gasteiger partial charge in [-0.25, -0.2) is 0 Å². The zero-order valence-electron chi connectivity index (χ0n) is 14.6. The van der Waals surface area contributed by atoms with Crippen molar-refractivity contribution in [2.45, 2.75) is 18.8 Å². The predicted molar refractivity (Wildman–Crippen MR) is 92.9 cm³/mol. The quantitative estimate of drug-likeness (QED) is 0.866. The molecule has 1 aliphatic heterocycles. The van der Waals surface area contributed by atoms with Crippen molar-refractivity contribution in [1.82, 2.24) is 14.8 Å². The Morgan fingerprint density at radius 1 is 1.11 bits per heavy atom. The summed E-state index contributed by atoms with van der Waals surface area (Å²) in [5.74, 6) is -1.15. The highest BCUT2D eigenvalue weighted by Gasteiger charge is 2.34. The minimum Gasteiger partial charge on any atom is -0.480 e. The first-order valence-corrected chi connectivity index (χ1v) is 8.61. The van der Waals surface area contributed by atoms with E-state index < -0.39 is 23.8 Å². The Hall–Kier alpha value is -2.45. The molecule has 0 aliphatic carbocycles. The first-order chi connectivity index (χ1) is 12.8. The van der Waals surface area contributed by atoms with Crippen LogP contribution in [0.4, 0.5) is 13.2 Å². The summed E-state index contributed by atoms with van der Waals surface area (Å²) in [6.45, 7) is 2.83. The molecule has 3 rings (SSSR count). The van der Waals surface area contributed by atoms with Gasteiger partial charge in [0.1, 0.15) is 6.04 Å². The number of carbonyl (C=O) groups is 1. The molecule has 0 saturated carbocycles. The van der Waals surface area contributed by atoms with Crippen molar-refractivity contribution in [1.29, 1.82) is 0 Å². The highest BCUT2D eigenvalue weighted by Crippen LogP contribution is 2.32. The van der Waals surface area contributed by atoms with Crippen molar-refractivity contribution in [3.05, 3.63) is 65.5 Å². The number of halogens is 3. The van der Waals surface area contributed by atoms with E-state index in [0.717, 1.165) is 17.8 Å². The van der Waals surface area contributed by atoms with E-state index in [1.807, 2.05) is 18.2 Å². The van der Waals surface area contributed by atoms with Gasteiger partial charge in [0.2, 0.25) is 0 Å². The lowest BCUT2D eigenvalue weighted by Gasteiger charge is -2.37. The topological polar surface area (TPSA) is 56.7 Å². The Morgan fingerprint density at radius 2 is 1.85 bits per heavy atom. The number of pyridine rings is 1. The Bertz CT molecular complexity index is 775. The number of alkyl halides is 3. The van der Waals surface area contributed by atoms with Crippen LogP contribution in [-0.2, 0) is 17.5 Å². The zero-order chi connectivity index (χ0) is 19.4. The van der Waals surface area contributed by atoms with Crippen LogP contribution in [0.25, 0.3) is 0 Å². The molecule has 1 saturated heterocycles. The molecular formula is C19H20F3N3O2. The summed E-state index contributed by atoms with van der Waals surface area (Å²) in [5, 5.41) is 9.63. The lowest BCUT2D eigenvalue weighted by atomic mass is 10.0. The van der Waals surface area contributed by atoms with Gasteiger partial charge in [0.05, 0.1) is 11.3 Å². The number of carboxylic acids is 1. The van der Waals surface area contributed by atoms with E-state index in [1.165, 1.54) is 12.1 Å². The molecule has 0 amide bonds. The Labute approximate surface area is 155 Å². The standard InChI is InChI=1S/C19H20F3N3O2/c20-19(21,22)15-5-3-4-14(12-15)17(18(26)27)25-10-8-24(9-11-25)13-16-6-1-2-7-23-16/h1-7,12,17H,8-11,13H2,(H,26,27). The van der Waals surface area contributed by atoms with Gasteiger partial charge in [0.15, 0.2) is 0 Å². The van der Waals surface area contributed by atoms with Gasteiger partial charge in [0.25, 0.3) is 0 Å². The Morgan fingerprint density at radius 3 is 2.44 bits per heavy atom. The van der Waals surface area contributed by atoms with Gasteiger partial charge in [-0.15, -0.1) is 0 Å². The molecule has 1 aromatic carbocycles. The van der Waals surface area contributed by atoms with Crippen LogP contribution in [-0.4, -0.2) is 52.0 Å². The predicted octanol–water partition coefficient (Wildman–Crippen LogP) is 3.04. The molecule has 144 valence electrons. The number of carboxylic acid groups (broad SMARTS) is 1. The van der Waals surface area contributed by atoms with Crippen LogP contribution in [0.15, 0.2) is 48.7 Å². The van der Waals surface area contributed by atoms with Crippen LogP contribution < -0.4 is 0 Å². The minimum atomic E-state index is -4.50. The van der Waals surface area contributed by atoms with Gasteiger partial charge in [-0.3, -0.25) is 19.6 Å². The molecule has 2 heterocycles. The van der Waals surface area contributed by atoms with Crippen LogP contribution in [0.1, 0.15) is 22.9 Å². The van der Waals surface area contributed by atoms with Gasteiger partial charge in [-0.1, -0.05) is 18.2 Å².